The zero-order valence-corrected chi connectivity index (χ0v) is 16.1. The van der Waals surface area contributed by atoms with E-state index in [2.05, 4.69) is 69.1 Å². The molecule has 0 aliphatic rings. The Morgan fingerprint density at radius 3 is 2.54 bits per heavy atom. The van der Waals surface area contributed by atoms with Crippen molar-refractivity contribution in [3.63, 3.8) is 0 Å². The average molecular weight is 347 g/mol. The molecule has 26 heavy (non-hydrogen) atoms. The van der Waals surface area contributed by atoms with Crippen molar-refractivity contribution in [2.75, 3.05) is 0 Å². The molecule has 0 saturated heterocycles. The summed E-state index contributed by atoms with van der Waals surface area (Å²) < 4.78 is 3.80. The second-order valence-electron chi connectivity index (χ2n) is 8.65. The first-order valence-electron chi connectivity index (χ1n) is 9.03. The van der Waals surface area contributed by atoms with Crippen LogP contribution in [0, 0.1) is 0 Å². The molecule has 0 N–H and O–H groups in total. The van der Waals surface area contributed by atoms with E-state index in [1.807, 2.05) is 33.7 Å². The predicted molar refractivity (Wildman–Crippen MR) is 104 cm³/mol. The van der Waals surface area contributed by atoms with Crippen molar-refractivity contribution in [1.82, 2.24) is 24.2 Å². The van der Waals surface area contributed by atoms with Crippen LogP contribution in [0.15, 0.2) is 48.9 Å². The lowest BCUT2D eigenvalue weighted by molar-refractivity contribution is 0.519. The van der Waals surface area contributed by atoms with Crippen molar-refractivity contribution in [1.29, 1.82) is 0 Å². The van der Waals surface area contributed by atoms with Crippen LogP contribution in [-0.2, 0) is 17.3 Å². The topological polar surface area (TPSA) is 47.5 Å². The quantitative estimate of drug-likeness (QED) is 0.558. The molecule has 134 valence electrons. The van der Waals surface area contributed by atoms with Gasteiger partial charge in [-0.15, -0.1) is 0 Å². The maximum atomic E-state index is 4.86. The molecule has 5 heteroatoms. The number of fused-ring (bicyclic) bond motifs is 2. The third-order valence-corrected chi connectivity index (χ3v) is 4.93. The molecule has 4 heterocycles. The summed E-state index contributed by atoms with van der Waals surface area (Å²) in [5, 5.41) is 9.14. The zero-order chi connectivity index (χ0) is 18.5. The van der Waals surface area contributed by atoms with Crippen LogP contribution in [0.25, 0.3) is 11.2 Å². The summed E-state index contributed by atoms with van der Waals surface area (Å²) in [6.07, 6.45) is 6.82. The van der Waals surface area contributed by atoms with Crippen LogP contribution >= 0.6 is 0 Å². The highest BCUT2D eigenvalue weighted by molar-refractivity contribution is 5.56. The fourth-order valence-corrected chi connectivity index (χ4v) is 3.39. The highest BCUT2D eigenvalue weighted by atomic mass is 15.2. The second kappa shape index (κ2) is 5.66. The second-order valence-corrected chi connectivity index (χ2v) is 8.65. The van der Waals surface area contributed by atoms with Gasteiger partial charge in [-0.05, 0) is 30.0 Å². The van der Waals surface area contributed by atoms with Crippen LogP contribution in [-0.4, -0.2) is 24.2 Å². The first-order valence-corrected chi connectivity index (χ1v) is 9.03. The van der Waals surface area contributed by atoms with Crippen molar-refractivity contribution in [2.24, 2.45) is 0 Å². The largest absolute Gasteiger partial charge is 0.241 e. The molecule has 0 atom stereocenters. The van der Waals surface area contributed by atoms with Gasteiger partial charge < -0.3 is 0 Å². The molecule has 0 spiro atoms. The van der Waals surface area contributed by atoms with E-state index in [0.717, 1.165) is 29.0 Å². The van der Waals surface area contributed by atoms with E-state index in [9.17, 15) is 0 Å². The fourth-order valence-electron chi connectivity index (χ4n) is 3.39. The maximum absolute atomic E-state index is 4.86. The van der Waals surface area contributed by atoms with Crippen LogP contribution < -0.4 is 0 Å². The van der Waals surface area contributed by atoms with Gasteiger partial charge in [-0.1, -0.05) is 40.7 Å². The Kier molecular flexibility index (Phi) is 3.65. The van der Waals surface area contributed by atoms with Gasteiger partial charge in [-0.2, -0.15) is 10.2 Å². The van der Waals surface area contributed by atoms with Gasteiger partial charge >= 0.3 is 0 Å². The Bertz CT molecular complexity index is 1080. The Balaban J connectivity index is 1.69. The van der Waals surface area contributed by atoms with Gasteiger partial charge in [0.2, 0.25) is 0 Å². The number of pyridine rings is 1. The van der Waals surface area contributed by atoms with Gasteiger partial charge in [0.15, 0.2) is 5.65 Å². The number of hydrogen-bond acceptors (Lipinski definition) is 3. The predicted octanol–water partition coefficient (Wildman–Crippen LogP) is 4.19. The van der Waals surface area contributed by atoms with E-state index >= 15 is 0 Å². The van der Waals surface area contributed by atoms with Crippen LogP contribution in [0.5, 0.6) is 0 Å². The smallest absolute Gasteiger partial charge is 0.155 e. The molecule has 4 rings (SSSR count). The Hall–Kier alpha value is -2.69. The van der Waals surface area contributed by atoms with Crippen LogP contribution in [0.3, 0.4) is 0 Å². The summed E-state index contributed by atoms with van der Waals surface area (Å²) >= 11 is 0. The molecule has 0 bridgehead atoms. The summed E-state index contributed by atoms with van der Waals surface area (Å²) in [6.45, 7) is 11.0. The highest BCUT2D eigenvalue weighted by Gasteiger charge is 2.26. The Labute approximate surface area is 153 Å². The van der Waals surface area contributed by atoms with Gasteiger partial charge in [0, 0.05) is 35.1 Å². The molecular weight excluding hydrogens is 322 g/mol. The molecule has 0 saturated carbocycles. The fraction of sp³-hybridized carbons (Fsp3) is 0.381. The molecule has 0 radical (unpaired) electrons. The van der Waals surface area contributed by atoms with E-state index < -0.39 is 0 Å². The summed E-state index contributed by atoms with van der Waals surface area (Å²) in [5.41, 5.74) is 5.37. The van der Waals surface area contributed by atoms with E-state index in [0.29, 0.717) is 0 Å². The average Bonchev–Trinajstić information content (AvgIpc) is 3.18. The summed E-state index contributed by atoms with van der Waals surface area (Å²) in [7, 11) is 0. The number of aromatic nitrogens is 5. The first-order chi connectivity index (χ1) is 12.2. The minimum Gasteiger partial charge on any atom is -0.241 e. The molecule has 5 nitrogen and oxygen atoms in total. The molecular formula is C21H25N5. The molecule has 0 unspecified atom stereocenters. The third-order valence-electron chi connectivity index (χ3n) is 4.93. The monoisotopic (exact) mass is 347 g/mol. The Morgan fingerprint density at radius 1 is 0.962 bits per heavy atom. The van der Waals surface area contributed by atoms with Gasteiger partial charge in [0.25, 0.3) is 0 Å². The molecule has 0 aliphatic carbocycles. The van der Waals surface area contributed by atoms with Gasteiger partial charge in [0.1, 0.15) is 0 Å². The highest BCUT2D eigenvalue weighted by Crippen LogP contribution is 2.30. The van der Waals surface area contributed by atoms with Gasteiger partial charge in [-0.3, -0.25) is 0 Å². The van der Waals surface area contributed by atoms with Crippen molar-refractivity contribution in [3.05, 3.63) is 65.9 Å². The molecule has 0 fully saturated rings. The number of hydrogen-bond donors (Lipinski definition) is 0. The van der Waals surface area contributed by atoms with E-state index in [4.69, 9.17) is 4.98 Å². The SMILES string of the molecule is CC(C)(C)c1cc2nc(CC(C)(C)c3cnn4ccccc34)ccn2n1. The summed E-state index contributed by atoms with van der Waals surface area (Å²) in [6, 6.07) is 10.3. The normalized spacial score (nSPS) is 13.0. The number of rotatable bonds is 3. The lowest BCUT2D eigenvalue weighted by atomic mass is 9.81. The van der Waals surface area contributed by atoms with Crippen molar-refractivity contribution in [3.8, 4) is 0 Å². The lowest BCUT2D eigenvalue weighted by Crippen LogP contribution is -2.21. The van der Waals surface area contributed by atoms with Gasteiger partial charge in [0.05, 0.1) is 17.4 Å². The first kappa shape index (κ1) is 16.8. The van der Waals surface area contributed by atoms with Crippen molar-refractivity contribution < 1.29 is 0 Å². The Morgan fingerprint density at radius 2 is 1.77 bits per heavy atom. The van der Waals surface area contributed by atoms with Crippen LogP contribution in [0.1, 0.15) is 51.6 Å². The lowest BCUT2D eigenvalue weighted by Gasteiger charge is -2.23. The van der Waals surface area contributed by atoms with E-state index in [1.54, 1.807) is 0 Å². The standard InChI is InChI=1S/C21H25N5/c1-20(2,3)18-12-19-23-15(9-11-26(19)24-18)13-21(4,5)16-14-22-25-10-7-6-8-17(16)25/h6-12,14H,13H2,1-5H3. The van der Waals surface area contributed by atoms with Crippen LogP contribution in [0.4, 0.5) is 0 Å². The van der Waals surface area contributed by atoms with E-state index in [-0.39, 0.29) is 10.8 Å². The maximum Gasteiger partial charge on any atom is 0.155 e. The number of nitrogens with zero attached hydrogens (tertiary/aromatic N) is 5. The molecule has 0 aliphatic heterocycles. The molecule has 0 amide bonds. The summed E-state index contributed by atoms with van der Waals surface area (Å²) in [5.74, 6) is 0. The summed E-state index contributed by atoms with van der Waals surface area (Å²) in [4.78, 5) is 4.86. The minimum atomic E-state index is -0.0681. The van der Waals surface area contributed by atoms with E-state index in [1.165, 1.54) is 5.56 Å². The van der Waals surface area contributed by atoms with Gasteiger partial charge in [-0.25, -0.2) is 14.0 Å². The van der Waals surface area contributed by atoms with Crippen molar-refractivity contribution >= 4 is 11.2 Å². The third kappa shape index (κ3) is 2.87. The molecule has 4 aromatic rings. The van der Waals surface area contributed by atoms with Crippen molar-refractivity contribution in [2.45, 2.75) is 51.9 Å². The van der Waals surface area contributed by atoms with Crippen LogP contribution in [0.2, 0.25) is 0 Å². The molecule has 4 aromatic heterocycles. The minimum absolute atomic E-state index is 0.0181. The zero-order valence-electron chi connectivity index (χ0n) is 16.1. The molecule has 0 aromatic carbocycles.